The number of halogens is 3. The quantitative estimate of drug-likeness (QED) is 0.314. The number of rotatable bonds is 10. The second kappa shape index (κ2) is 13.4. The Balaban J connectivity index is 0.00000423. The molecule has 2 heterocycles. The van der Waals surface area contributed by atoms with E-state index in [4.69, 9.17) is 21.1 Å². The maximum Gasteiger partial charge on any atom is 0.270 e. The third-order valence-corrected chi connectivity index (χ3v) is 9.81. The van der Waals surface area contributed by atoms with Gasteiger partial charge in [0.1, 0.15) is 22.7 Å². The Labute approximate surface area is 263 Å². The van der Waals surface area contributed by atoms with Gasteiger partial charge in [0.25, 0.3) is 15.9 Å². The van der Waals surface area contributed by atoms with Crippen molar-refractivity contribution in [2.75, 3.05) is 44.1 Å². The molecule has 0 aromatic heterocycles. The number of sulfonamides is 1. The molecule has 232 valence electrons. The first-order chi connectivity index (χ1) is 20.1. The van der Waals surface area contributed by atoms with E-state index in [0.29, 0.717) is 24.3 Å². The molecule has 3 aromatic carbocycles. The first-order valence-electron chi connectivity index (χ1n) is 14.0. The van der Waals surface area contributed by atoms with Crippen LogP contribution in [0.5, 0.6) is 11.5 Å². The Bertz CT molecular complexity index is 1570. The Morgan fingerprint density at radius 3 is 2.35 bits per heavy atom. The van der Waals surface area contributed by atoms with Gasteiger partial charge in [0.15, 0.2) is 0 Å². The zero-order valence-electron chi connectivity index (χ0n) is 24.3. The fraction of sp³-hybridized carbons (Fsp3) is 0.387. The van der Waals surface area contributed by atoms with Crippen LogP contribution < -0.4 is 19.1 Å². The van der Waals surface area contributed by atoms with Gasteiger partial charge in [-0.3, -0.25) is 4.79 Å². The molecule has 2 aliphatic rings. The van der Waals surface area contributed by atoms with E-state index < -0.39 is 27.2 Å². The van der Waals surface area contributed by atoms with Crippen molar-refractivity contribution in [1.29, 1.82) is 0 Å². The van der Waals surface area contributed by atoms with Crippen LogP contribution in [0.15, 0.2) is 65.6 Å². The fourth-order valence-corrected chi connectivity index (χ4v) is 7.58. The summed E-state index contributed by atoms with van der Waals surface area (Å²) in [6, 6.07) is 14.9. The molecular formula is C31H36Cl2FN3O5S. The summed E-state index contributed by atoms with van der Waals surface area (Å²) in [6.45, 7) is 7.86. The van der Waals surface area contributed by atoms with Crippen LogP contribution >= 0.6 is 24.0 Å². The van der Waals surface area contributed by atoms with Crippen LogP contribution in [0.3, 0.4) is 0 Å². The van der Waals surface area contributed by atoms with Gasteiger partial charge in [-0.2, -0.15) is 0 Å². The molecule has 5 rings (SSSR count). The molecule has 0 radical (unpaired) electrons. The number of piperazine rings is 1. The zero-order chi connectivity index (χ0) is 30.1. The number of amides is 1. The van der Waals surface area contributed by atoms with Crippen molar-refractivity contribution in [2.24, 2.45) is 0 Å². The molecule has 12 heteroatoms. The van der Waals surface area contributed by atoms with Crippen LogP contribution in [0, 0.1) is 5.82 Å². The molecule has 2 aliphatic heterocycles. The number of ether oxygens (including phenoxy) is 2. The van der Waals surface area contributed by atoms with Crippen LogP contribution in [-0.2, 0) is 20.2 Å². The minimum absolute atomic E-state index is 0. The number of benzene rings is 3. The van der Waals surface area contributed by atoms with Gasteiger partial charge in [-0.05, 0) is 75.2 Å². The van der Waals surface area contributed by atoms with Crippen LogP contribution in [-0.4, -0.2) is 65.2 Å². The summed E-state index contributed by atoms with van der Waals surface area (Å²) >= 11 is 6.58. The maximum absolute atomic E-state index is 15.7. The molecule has 8 nitrogen and oxygen atoms in total. The average Bonchev–Trinajstić information content (AvgIpc) is 3.21. The predicted molar refractivity (Wildman–Crippen MR) is 168 cm³/mol. The standard InChI is InChI=1S/C31H35ClFN3O5S.ClH/c1-21(2)41-22-9-11-23(12-10-22)42(38,39)36-28-20-29(40-3)26(32)19-25(28)31(30(36)37,24-7-4-5-8-27(24)33)13-6-16-35-17-14-34-15-18-35;/h4-5,7-12,19-21,34H,6,13-18H2,1-3H3;1H. The Hall–Kier alpha value is -2.89. The van der Waals surface area contributed by atoms with Crippen molar-refractivity contribution in [2.45, 2.75) is 43.1 Å². The first-order valence-corrected chi connectivity index (χ1v) is 15.8. The number of carbonyl (C=O) groups is 1. The zero-order valence-corrected chi connectivity index (χ0v) is 26.7. The number of anilines is 1. The molecule has 1 unspecified atom stereocenters. The molecule has 0 saturated carbocycles. The van der Waals surface area contributed by atoms with Gasteiger partial charge in [0.05, 0.1) is 28.8 Å². The van der Waals surface area contributed by atoms with Crippen LogP contribution in [0.4, 0.5) is 10.1 Å². The molecule has 1 saturated heterocycles. The van der Waals surface area contributed by atoms with E-state index in [1.807, 2.05) is 13.8 Å². The number of nitrogens with zero attached hydrogens (tertiary/aromatic N) is 2. The molecule has 43 heavy (non-hydrogen) atoms. The summed E-state index contributed by atoms with van der Waals surface area (Å²) in [5.41, 5.74) is -1.10. The molecule has 0 spiro atoms. The van der Waals surface area contributed by atoms with Crippen molar-refractivity contribution in [3.05, 3.63) is 82.6 Å². The Morgan fingerprint density at radius 1 is 1.05 bits per heavy atom. The fourth-order valence-electron chi connectivity index (χ4n) is 5.86. The highest BCUT2D eigenvalue weighted by molar-refractivity contribution is 7.93. The van der Waals surface area contributed by atoms with E-state index in [9.17, 15) is 13.2 Å². The molecule has 1 fully saturated rings. The lowest BCUT2D eigenvalue weighted by Gasteiger charge is -2.32. The number of nitrogens with one attached hydrogen (secondary N) is 1. The summed E-state index contributed by atoms with van der Waals surface area (Å²) in [5, 5.41) is 3.52. The third-order valence-electron chi connectivity index (χ3n) is 7.80. The first kappa shape index (κ1) is 33.0. The number of hydrogen-bond acceptors (Lipinski definition) is 7. The van der Waals surface area contributed by atoms with E-state index in [1.54, 1.807) is 36.4 Å². The second-order valence-corrected chi connectivity index (χ2v) is 13.0. The number of hydrogen-bond donors (Lipinski definition) is 1. The highest BCUT2D eigenvalue weighted by Crippen LogP contribution is 2.53. The molecule has 3 aromatic rings. The van der Waals surface area contributed by atoms with E-state index in [-0.39, 0.29) is 51.9 Å². The van der Waals surface area contributed by atoms with Gasteiger partial charge in [0, 0.05) is 37.8 Å². The SMILES string of the molecule is COc1cc2c(cc1Cl)C(CCCN1CCNCC1)(c1ccccc1F)C(=O)N2S(=O)(=O)c1ccc(OC(C)C)cc1.Cl. The summed E-state index contributed by atoms with van der Waals surface area (Å²) in [5.74, 6) is -0.650. The number of fused-ring (bicyclic) bond motifs is 1. The van der Waals surface area contributed by atoms with Crippen LogP contribution in [0.1, 0.15) is 37.8 Å². The van der Waals surface area contributed by atoms with E-state index >= 15 is 4.39 Å². The van der Waals surface area contributed by atoms with Crippen LogP contribution in [0.2, 0.25) is 5.02 Å². The van der Waals surface area contributed by atoms with E-state index in [2.05, 4.69) is 10.2 Å². The summed E-state index contributed by atoms with van der Waals surface area (Å²) in [4.78, 5) is 16.9. The average molecular weight is 653 g/mol. The predicted octanol–water partition coefficient (Wildman–Crippen LogP) is 5.40. The second-order valence-electron chi connectivity index (χ2n) is 10.8. The molecular weight excluding hydrogens is 616 g/mol. The summed E-state index contributed by atoms with van der Waals surface area (Å²) in [7, 11) is -3.02. The summed E-state index contributed by atoms with van der Waals surface area (Å²) in [6.07, 6.45) is 0.608. The number of carbonyl (C=O) groups excluding carboxylic acids is 1. The van der Waals surface area contributed by atoms with Crippen LogP contribution in [0.25, 0.3) is 0 Å². The van der Waals surface area contributed by atoms with Crippen molar-refractivity contribution in [3.8, 4) is 11.5 Å². The lowest BCUT2D eigenvalue weighted by atomic mass is 9.72. The van der Waals surface area contributed by atoms with Gasteiger partial charge in [-0.25, -0.2) is 17.1 Å². The van der Waals surface area contributed by atoms with Crippen molar-refractivity contribution >= 4 is 45.6 Å². The van der Waals surface area contributed by atoms with Crippen molar-refractivity contribution in [1.82, 2.24) is 10.2 Å². The molecule has 0 aliphatic carbocycles. The van der Waals surface area contributed by atoms with Gasteiger partial charge >= 0.3 is 0 Å². The molecule has 1 atom stereocenters. The minimum atomic E-state index is -4.43. The van der Waals surface area contributed by atoms with E-state index in [1.165, 1.54) is 31.4 Å². The highest BCUT2D eigenvalue weighted by Gasteiger charge is 2.57. The van der Waals surface area contributed by atoms with E-state index in [0.717, 1.165) is 30.5 Å². The molecule has 1 N–H and O–H groups in total. The van der Waals surface area contributed by atoms with Gasteiger partial charge < -0.3 is 19.7 Å². The molecule has 0 bridgehead atoms. The molecule has 1 amide bonds. The van der Waals surface area contributed by atoms with Gasteiger partial charge in [-0.15, -0.1) is 12.4 Å². The van der Waals surface area contributed by atoms with Crippen molar-refractivity contribution < 1.29 is 27.1 Å². The smallest absolute Gasteiger partial charge is 0.270 e. The maximum atomic E-state index is 15.7. The number of methoxy groups -OCH3 is 1. The topological polar surface area (TPSA) is 88.2 Å². The minimum Gasteiger partial charge on any atom is -0.495 e. The van der Waals surface area contributed by atoms with Crippen molar-refractivity contribution in [3.63, 3.8) is 0 Å². The summed E-state index contributed by atoms with van der Waals surface area (Å²) < 4.78 is 56.0. The lowest BCUT2D eigenvalue weighted by Crippen LogP contribution is -2.46. The third kappa shape index (κ3) is 6.21. The monoisotopic (exact) mass is 651 g/mol. The largest absolute Gasteiger partial charge is 0.495 e. The lowest BCUT2D eigenvalue weighted by molar-refractivity contribution is -0.121. The Morgan fingerprint density at radius 2 is 1.72 bits per heavy atom. The highest BCUT2D eigenvalue weighted by atomic mass is 35.5. The normalized spacial score (nSPS) is 18.8. The Kier molecular flexibility index (Phi) is 10.3. The van der Waals surface area contributed by atoms with Gasteiger partial charge in [0.2, 0.25) is 0 Å². The van der Waals surface area contributed by atoms with Gasteiger partial charge in [-0.1, -0.05) is 29.8 Å².